The lowest BCUT2D eigenvalue weighted by atomic mass is 9.91. The summed E-state index contributed by atoms with van der Waals surface area (Å²) in [5, 5.41) is 2.75. The Morgan fingerprint density at radius 1 is 1.28 bits per heavy atom. The lowest BCUT2D eigenvalue weighted by Crippen LogP contribution is -2.56. The third-order valence-corrected chi connectivity index (χ3v) is 5.82. The fourth-order valence-corrected chi connectivity index (χ4v) is 4.08. The molecule has 190 valence electrons. The number of carbonyl (C=O) groups excluding carboxylic acids is 1. The van der Waals surface area contributed by atoms with Crippen molar-refractivity contribution in [2.45, 2.75) is 32.2 Å². The van der Waals surface area contributed by atoms with Gasteiger partial charge < -0.3 is 20.7 Å². The average molecular weight is 504 g/mol. The molecule has 0 spiro atoms. The Morgan fingerprint density at radius 2 is 2.08 bits per heavy atom. The van der Waals surface area contributed by atoms with Crippen LogP contribution in [0.15, 0.2) is 30.5 Å². The molecule has 1 saturated heterocycles. The number of ether oxygens (including phenoxy) is 1. The van der Waals surface area contributed by atoms with Gasteiger partial charge in [0.15, 0.2) is 11.6 Å². The highest BCUT2D eigenvalue weighted by Crippen LogP contribution is 2.30. The van der Waals surface area contributed by atoms with Crippen LogP contribution in [0.5, 0.6) is 5.88 Å². The van der Waals surface area contributed by atoms with Crippen molar-refractivity contribution >= 4 is 11.6 Å². The van der Waals surface area contributed by atoms with Crippen molar-refractivity contribution in [2.75, 3.05) is 32.4 Å². The summed E-state index contributed by atoms with van der Waals surface area (Å²) in [5.74, 6) is -4.06. The second-order valence-corrected chi connectivity index (χ2v) is 8.78. The van der Waals surface area contributed by atoms with Gasteiger partial charge in [0.05, 0.1) is 34.8 Å². The Kier molecular flexibility index (Phi) is 6.04. The molecule has 3 N–H and O–H groups in total. The number of likely N-dealkylation sites (N-methyl/N-ethyl adjacent to an activating group) is 1. The second-order valence-electron chi connectivity index (χ2n) is 8.78. The van der Waals surface area contributed by atoms with Gasteiger partial charge in [-0.15, -0.1) is 0 Å². The molecule has 8 nitrogen and oxygen atoms in total. The lowest BCUT2D eigenvalue weighted by molar-refractivity contribution is 0.0834. The number of nitrogens with one attached hydrogen (secondary N) is 1. The van der Waals surface area contributed by atoms with Gasteiger partial charge >= 0.3 is 0 Å². The molecule has 11 heteroatoms. The number of carbonyl (C=O) groups is 1. The second kappa shape index (κ2) is 10.1. The zero-order valence-electron chi connectivity index (χ0n) is 22.7. The third kappa shape index (κ3) is 5.25. The Bertz CT molecular complexity index is 1410. The van der Waals surface area contributed by atoms with E-state index in [4.69, 9.17) is 14.6 Å². The minimum absolute atomic E-state index is 0.0143. The van der Waals surface area contributed by atoms with Crippen LogP contribution in [0.3, 0.4) is 0 Å². The summed E-state index contributed by atoms with van der Waals surface area (Å²) in [6, 6.07) is 4.60. The molecule has 1 aliphatic heterocycles. The number of aromatic nitrogens is 3. The molecule has 4 rings (SSSR count). The molecular formula is C25H27F3N6O2. The molecule has 1 amide bonds. The van der Waals surface area contributed by atoms with Crippen LogP contribution >= 0.6 is 0 Å². The van der Waals surface area contributed by atoms with E-state index in [2.05, 4.69) is 20.3 Å². The maximum Gasteiger partial charge on any atom is 0.254 e. The first-order valence-electron chi connectivity index (χ1n) is 12.8. The van der Waals surface area contributed by atoms with E-state index < -0.39 is 47.3 Å². The first-order chi connectivity index (χ1) is 18.3. The number of anilines is 1. The summed E-state index contributed by atoms with van der Waals surface area (Å²) in [5.41, 5.74) is 3.11. The van der Waals surface area contributed by atoms with Crippen molar-refractivity contribution < 1.29 is 26.8 Å². The zero-order valence-corrected chi connectivity index (χ0v) is 19.7. The van der Waals surface area contributed by atoms with Crippen molar-refractivity contribution in [3.63, 3.8) is 0 Å². The number of amides is 1. The number of nitrogen functional groups attached to an aromatic ring is 1. The number of nitrogens with zero attached hydrogens (tertiary/aromatic N) is 4. The van der Waals surface area contributed by atoms with Gasteiger partial charge in [0, 0.05) is 22.4 Å². The molecule has 3 aromatic rings. The molecule has 0 saturated carbocycles. The lowest BCUT2D eigenvalue weighted by Gasteiger charge is -2.39. The van der Waals surface area contributed by atoms with Crippen LogP contribution in [0.4, 0.5) is 18.9 Å². The Hall–Kier alpha value is -3.73. The molecule has 0 radical (unpaired) electrons. The van der Waals surface area contributed by atoms with Gasteiger partial charge in [-0.1, -0.05) is 0 Å². The van der Waals surface area contributed by atoms with Crippen molar-refractivity contribution in [2.24, 2.45) is 0 Å². The van der Waals surface area contributed by atoms with Gasteiger partial charge in [-0.05, 0) is 64.5 Å². The Balaban J connectivity index is 1.79. The third-order valence-electron chi connectivity index (χ3n) is 5.82. The van der Waals surface area contributed by atoms with Crippen LogP contribution < -0.4 is 15.8 Å². The summed E-state index contributed by atoms with van der Waals surface area (Å²) >= 11 is 0. The highest BCUT2D eigenvalue weighted by atomic mass is 19.1. The van der Waals surface area contributed by atoms with E-state index in [1.54, 1.807) is 13.8 Å². The molecule has 4 heterocycles. The van der Waals surface area contributed by atoms with Crippen LogP contribution in [0.25, 0.3) is 22.6 Å². The van der Waals surface area contributed by atoms with Gasteiger partial charge in [0.1, 0.15) is 5.69 Å². The smallest absolute Gasteiger partial charge is 0.254 e. The topological polar surface area (TPSA) is 106 Å². The first kappa shape index (κ1) is 21.5. The fraction of sp³-hybridized carbons (Fsp3) is 0.360. The standard InChI is InChI=1S/C25H27F3N6O2/c1-4-36-24-16(26)10-14(12-30-24)19-11-15(23(35)33-25(2)8-5-9-34(3)13-25)20(27)21(31-19)18-7-6-17(29)22(28)32-18/h6-7,10-12H,4-5,8-9,13,29H2,1-3H3,(H,33,35)/t25-/m0/s1/i3D3. The molecular weight excluding hydrogens is 473 g/mol. The number of nitrogens with two attached hydrogens (primary N) is 1. The maximum atomic E-state index is 15.8. The quantitative estimate of drug-likeness (QED) is 0.493. The number of hydrogen-bond donors (Lipinski definition) is 2. The van der Waals surface area contributed by atoms with Gasteiger partial charge in [-0.2, -0.15) is 4.39 Å². The first-order valence-corrected chi connectivity index (χ1v) is 11.3. The van der Waals surface area contributed by atoms with E-state index in [0.29, 0.717) is 19.4 Å². The molecule has 3 aromatic heterocycles. The molecule has 0 bridgehead atoms. The summed E-state index contributed by atoms with van der Waals surface area (Å²) in [6.07, 6.45) is 2.19. The molecule has 1 fully saturated rings. The molecule has 0 aromatic carbocycles. The summed E-state index contributed by atoms with van der Waals surface area (Å²) in [4.78, 5) is 26.5. The number of piperidine rings is 1. The number of rotatable bonds is 6. The SMILES string of the molecule is [2H]C([2H])([2H])N1CCC[C@](C)(NC(=O)c2cc(-c3cnc(OCC)c(F)c3)nc(-c3ccc(N)c(F)n3)c2F)C1. The van der Waals surface area contributed by atoms with Crippen LogP contribution in [-0.4, -0.2) is 58.0 Å². The van der Waals surface area contributed by atoms with E-state index in [9.17, 15) is 13.6 Å². The predicted molar refractivity (Wildman–Crippen MR) is 129 cm³/mol. The number of hydrogen-bond acceptors (Lipinski definition) is 7. The molecule has 1 atom stereocenters. The van der Waals surface area contributed by atoms with Crippen LogP contribution in [0, 0.1) is 17.6 Å². The van der Waals surface area contributed by atoms with Gasteiger partial charge in [-0.3, -0.25) is 4.79 Å². The number of halogens is 3. The zero-order chi connectivity index (χ0) is 28.5. The maximum absolute atomic E-state index is 15.8. The Morgan fingerprint density at radius 3 is 2.78 bits per heavy atom. The van der Waals surface area contributed by atoms with E-state index in [1.165, 1.54) is 23.2 Å². The predicted octanol–water partition coefficient (Wildman–Crippen LogP) is 3.82. The van der Waals surface area contributed by atoms with Crippen molar-refractivity contribution in [1.29, 1.82) is 0 Å². The van der Waals surface area contributed by atoms with Gasteiger partial charge in [-0.25, -0.2) is 23.7 Å². The van der Waals surface area contributed by atoms with E-state index in [1.807, 2.05) is 0 Å². The summed E-state index contributed by atoms with van der Waals surface area (Å²) in [6.45, 7) is 1.50. The van der Waals surface area contributed by atoms with Gasteiger partial charge in [0.2, 0.25) is 11.8 Å². The minimum atomic E-state index is -2.36. The van der Waals surface area contributed by atoms with E-state index in [0.717, 1.165) is 12.1 Å². The largest absolute Gasteiger partial charge is 0.476 e. The summed E-state index contributed by atoms with van der Waals surface area (Å²) < 4.78 is 72.8. The van der Waals surface area contributed by atoms with E-state index in [-0.39, 0.29) is 41.7 Å². The molecule has 1 aliphatic rings. The van der Waals surface area contributed by atoms with Crippen LogP contribution in [-0.2, 0) is 0 Å². The fourth-order valence-electron chi connectivity index (χ4n) is 4.08. The average Bonchev–Trinajstić information content (AvgIpc) is 2.86. The van der Waals surface area contributed by atoms with Crippen molar-refractivity contribution in [1.82, 2.24) is 25.2 Å². The highest BCUT2D eigenvalue weighted by Gasteiger charge is 2.33. The summed E-state index contributed by atoms with van der Waals surface area (Å²) in [7, 11) is 0. The monoisotopic (exact) mass is 503 g/mol. The Labute approximate surface area is 210 Å². The van der Waals surface area contributed by atoms with E-state index >= 15 is 4.39 Å². The minimum Gasteiger partial charge on any atom is -0.476 e. The molecule has 36 heavy (non-hydrogen) atoms. The highest BCUT2D eigenvalue weighted by molar-refractivity contribution is 5.97. The van der Waals surface area contributed by atoms with Crippen LogP contribution in [0.2, 0.25) is 0 Å². The van der Waals surface area contributed by atoms with Crippen molar-refractivity contribution in [3.05, 3.63) is 53.6 Å². The van der Waals surface area contributed by atoms with Crippen molar-refractivity contribution in [3.8, 4) is 28.5 Å². The number of likely N-dealkylation sites (tertiary alicyclic amines) is 1. The molecule has 0 aliphatic carbocycles. The van der Waals surface area contributed by atoms with Gasteiger partial charge in [0.25, 0.3) is 5.91 Å². The van der Waals surface area contributed by atoms with Crippen LogP contribution in [0.1, 0.15) is 41.2 Å². The molecule has 0 unspecified atom stereocenters. The number of pyridine rings is 3. The normalized spacial score (nSPS) is 19.8.